The van der Waals surface area contributed by atoms with Crippen molar-refractivity contribution in [2.75, 3.05) is 12.4 Å². The van der Waals surface area contributed by atoms with Crippen LogP contribution in [0.3, 0.4) is 0 Å². The number of hydrogen-bond acceptors (Lipinski definition) is 6. The lowest BCUT2D eigenvalue weighted by atomic mass is 10.1. The number of anilines is 1. The number of hydrogen-bond donors (Lipinski definition) is 1. The third-order valence-corrected chi connectivity index (χ3v) is 5.15. The Morgan fingerprint density at radius 1 is 1.22 bits per heavy atom. The summed E-state index contributed by atoms with van der Waals surface area (Å²) in [6, 6.07) is 11.0. The fourth-order valence-electron chi connectivity index (χ4n) is 2.91. The molecule has 2 aromatic carbocycles. The minimum absolute atomic E-state index is 0.136. The predicted molar refractivity (Wildman–Crippen MR) is 106 cm³/mol. The molecule has 0 aliphatic carbocycles. The summed E-state index contributed by atoms with van der Waals surface area (Å²) < 4.78 is 7.49. The molecule has 0 saturated heterocycles. The van der Waals surface area contributed by atoms with Gasteiger partial charge in [0.1, 0.15) is 17.8 Å². The first-order valence-electron chi connectivity index (χ1n) is 8.25. The third kappa shape index (κ3) is 3.15. The summed E-state index contributed by atoms with van der Waals surface area (Å²) in [7, 11) is 1.58. The van der Waals surface area contributed by atoms with E-state index in [0.29, 0.717) is 27.3 Å². The second kappa shape index (κ2) is 6.81. The number of fused-ring (bicyclic) bond motifs is 2. The van der Waals surface area contributed by atoms with Crippen molar-refractivity contribution in [3.05, 3.63) is 58.6 Å². The molecular formula is C19H16N4O3S. The number of aryl methyl sites for hydroxylation is 1. The summed E-state index contributed by atoms with van der Waals surface area (Å²) in [6.07, 6.45) is 1.40. The Kier molecular flexibility index (Phi) is 4.33. The maximum atomic E-state index is 12.6. The zero-order chi connectivity index (χ0) is 19.0. The topological polar surface area (TPSA) is 86.1 Å². The van der Waals surface area contributed by atoms with Crippen molar-refractivity contribution in [2.24, 2.45) is 0 Å². The number of para-hydroxylation sites is 2. The van der Waals surface area contributed by atoms with Gasteiger partial charge < -0.3 is 10.1 Å². The van der Waals surface area contributed by atoms with E-state index in [1.807, 2.05) is 31.2 Å². The molecule has 0 aliphatic heterocycles. The first-order chi connectivity index (χ1) is 13.1. The normalized spacial score (nSPS) is 11.0. The highest BCUT2D eigenvalue weighted by Gasteiger charge is 2.13. The molecule has 1 N–H and O–H groups in total. The number of ether oxygens (including phenoxy) is 1. The number of amides is 1. The Morgan fingerprint density at radius 2 is 2.04 bits per heavy atom. The summed E-state index contributed by atoms with van der Waals surface area (Å²) in [6.45, 7) is 1.76. The van der Waals surface area contributed by atoms with E-state index >= 15 is 0 Å². The minimum Gasteiger partial charge on any atom is -0.494 e. The van der Waals surface area contributed by atoms with Crippen molar-refractivity contribution < 1.29 is 9.53 Å². The number of benzene rings is 2. The smallest absolute Gasteiger partial charge is 0.261 e. The van der Waals surface area contributed by atoms with Crippen LogP contribution in [0, 0.1) is 6.92 Å². The van der Waals surface area contributed by atoms with E-state index < -0.39 is 0 Å². The maximum absolute atomic E-state index is 12.6. The number of methoxy groups -OCH3 is 1. The third-order valence-electron chi connectivity index (χ3n) is 4.22. The average Bonchev–Trinajstić information content (AvgIpc) is 3.06. The summed E-state index contributed by atoms with van der Waals surface area (Å²) >= 11 is 1.35. The van der Waals surface area contributed by atoms with E-state index in [1.54, 1.807) is 19.2 Å². The van der Waals surface area contributed by atoms with E-state index in [-0.39, 0.29) is 18.0 Å². The highest BCUT2D eigenvalue weighted by atomic mass is 32.1. The van der Waals surface area contributed by atoms with Gasteiger partial charge in [0.05, 0.1) is 29.0 Å². The van der Waals surface area contributed by atoms with Crippen LogP contribution in [-0.4, -0.2) is 27.6 Å². The van der Waals surface area contributed by atoms with Gasteiger partial charge in [-0.25, -0.2) is 9.97 Å². The average molecular weight is 380 g/mol. The van der Waals surface area contributed by atoms with Crippen LogP contribution in [0.1, 0.15) is 5.56 Å². The molecule has 0 saturated carbocycles. The minimum atomic E-state index is -0.344. The number of thiazole rings is 1. The largest absolute Gasteiger partial charge is 0.494 e. The molecule has 136 valence electrons. The van der Waals surface area contributed by atoms with Crippen LogP contribution >= 0.6 is 11.3 Å². The Bertz CT molecular complexity index is 1230. The highest BCUT2D eigenvalue weighted by molar-refractivity contribution is 7.22. The molecule has 1 amide bonds. The van der Waals surface area contributed by atoms with Crippen LogP contribution in [0.2, 0.25) is 0 Å². The summed E-state index contributed by atoms with van der Waals surface area (Å²) in [5.41, 5.74) is 2.02. The Hall–Kier alpha value is -3.26. The van der Waals surface area contributed by atoms with E-state index in [0.717, 1.165) is 10.3 Å². The fraction of sp³-hybridized carbons (Fsp3) is 0.158. The van der Waals surface area contributed by atoms with Gasteiger partial charge in [-0.2, -0.15) is 0 Å². The standard InChI is InChI=1S/C19H16N4O3S/c1-11-5-3-6-12-16(11)20-10-23(18(12)25)9-15(24)21-19-22-17-13(26-2)7-4-8-14(17)27-19/h3-8,10H,9H2,1-2H3,(H,21,22,24). The van der Waals surface area contributed by atoms with Crippen LogP contribution < -0.4 is 15.6 Å². The quantitative estimate of drug-likeness (QED) is 0.588. The lowest BCUT2D eigenvalue weighted by Gasteiger charge is -2.07. The number of carbonyl (C=O) groups is 1. The van der Waals surface area contributed by atoms with Crippen LogP contribution in [-0.2, 0) is 11.3 Å². The van der Waals surface area contributed by atoms with Gasteiger partial charge in [0.25, 0.3) is 5.56 Å². The first kappa shape index (κ1) is 17.2. The highest BCUT2D eigenvalue weighted by Crippen LogP contribution is 2.32. The van der Waals surface area contributed by atoms with Crippen LogP contribution in [0.5, 0.6) is 5.75 Å². The Balaban J connectivity index is 1.59. The molecule has 8 heteroatoms. The molecule has 4 rings (SSSR count). The SMILES string of the molecule is COc1cccc2sc(NC(=O)Cn3cnc4c(C)cccc4c3=O)nc12. The summed E-state index contributed by atoms with van der Waals surface area (Å²) in [4.78, 5) is 33.7. The van der Waals surface area contributed by atoms with Gasteiger partial charge in [0.15, 0.2) is 5.13 Å². The lowest BCUT2D eigenvalue weighted by Crippen LogP contribution is -2.28. The van der Waals surface area contributed by atoms with Gasteiger partial charge in [-0.1, -0.05) is 29.5 Å². The monoisotopic (exact) mass is 380 g/mol. The second-order valence-corrected chi connectivity index (χ2v) is 7.05. The van der Waals surface area contributed by atoms with Crippen molar-refractivity contribution >= 4 is 43.5 Å². The number of aromatic nitrogens is 3. The molecular weight excluding hydrogens is 364 g/mol. The van der Waals surface area contributed by atoms with Crippen molar-refractivity contribution in [2.45, 2.75) is 13.5 Å². The van der Waals surface area contributed by atoms with Crippen molar-refractivity contribution in [1.82, 2.24) is 14.5 Å². The molecule has 0 bridgehead atoms. The molecule has 0 atom stereocenters. The zero-order valence-corrected chi connectivity index (χ0v) is 15.5. The number of rotatable bonds is 4. The van der Waals surface area contributed by atoms with Gasteiger partial charge in [0.2, 0.25) is 5.91 Å². The number of carbonyl (C=O) groups excluding carboxylic acids is 1. The van der Waals surface area contributed by atoms with Gasteiger partial charge >= 0.3 is 0 Å². The predicted octanol–water partition coefficient (Wildman–Crippen LogP) is 2.96. The Labute approximate surface area is 158 Å². The molecule has 2 heterocycles. The fourth-order valence-corrected chi connectivity index (χ4v) is 3.80. The van der Waals surface area contributed by atoms with E-state index in [9.17, 15) is 9.59 Å². The van der Waals surface area contributed by atoms with E-state index in [4.69, 9.17) is 4.74 Å². The van der Waals surface area contributed by atoms with Gasteiger partial charge in [-0.05, 0) is 30.7 Å². The van der Waals surface area contributed by atoms with Crippen molar-refractivity contribution in [3.8, 4) is 5.75 Å². The lowest BCUT2D eigenvalue weighted by molar-refractivity contribution is -0.116. The second-order valence-electron chi connectivity index (χ2n) is 6.02. The number of nitrogens with zero attached hydrogens (tertiary/aromatic N) is 3. The molecule has 27 heavy (non-hydrogen) atoms. The van der Waals surface area contributed by atoms with Crippen LogP contribution in [0.15, 0.2) is 47.5 Å². The van der Waals surface area contributed by atoms with E-state index in [2.05, 4.69) is 15.3 Å². The zero-order valence-electron chi connectivity index (χ0n) is 14.7. The number of nitrogens with one attached hydrogen (secondary N) is 1. The molecule has 0 radical (unpaired) electrons. The summed E-state index contributed by atoms with van der Waals surface area (Å²) in [5.74, 6) is 0.304. The van der Waals surface area contributed by atoms with Gasteiger partial charge in [-0.15, -0.1) is 0 Å². The van der Waals surface area contributed by atoms with Gasteiger partial charge in [-0.3, -0.25) is 14.2 Å². The van der Waals surface area contributed by atoms with Crippen LogP contribution in [0.25, 0.3) is 21.1 Å². The van der Waals surface area contributed by atoms with Crippen molar-refractivity contribution in [1.29, 1.82) is 0 Å². The van der Waals surface area contributed by atoms with Crippen molar-refractivity contribution in [3.63, 3.8) is 0 Å². The molecule has 0 spiro atoms. The molecule has 0 unspecified atom stereocenters. The van der Waals surface area contributed by atoms with Gasteiger partial charge in [0, 0.05) is 0 Å². The van der Waals surface area contributed by atoms with E-state index in [1.165, 1.54) is 22.2 Å². The maximum Gasteiger partial charge on any atom is 0.261 e. The molecule has 0 fully saturated rings. The Morgan fingerprint density at radius 3 is 2.85 bits per heavy atom. The summed E-state index contributed by atoms with van der Waals surface area (Å²) in [5, 5.41) is 3.69. The molecule has 7 nitrogen and oxygen atoms in total. The molecule has 4 aromatic rings. The first-order valence-corrected chi connectivity index (χ1v) is 9.06. The van der Waals surface area contributed by atoms with Crippen LogP contribution in [0.4, 0.5) is 5.13 Å². The molecule has 2 aromatic heterocycles. The molecule has 0 aliphatic rings.